The summed E-state index contributed by atoms with van der Waals surface area (Å²) in [4.78, 5) is 15.7. The Kier molecular flexibility index (Phi) is 9.68. The third kappa shape index (κ3) is 5.14. The van der Waals surface area contributed by atoms with E-state index in [1.54, 1.807) is 6.33 Å². The summed E-state index contributed by atoms with van der Waals surface area (Å²) < 4.78 is 7.33. The predicted octanol–water partition coefficient (Wildman–Crippen LogP) is 2.34. The summed E-state index contributed by atoms with van der Waals surface area (Å²) >= 11 is 0. The maximum Gasteiger partial charge on any atom is 0.213 e. The Labute approximate surface area is 182 Å². The average Bonchev–Trinajstić information content (AvgIpc) is 3.06. The Hall–Kier alpha value is -1.87. The summed E-state index contributed by atoms with van der Waals surface area (Å²) in [5, 5.41) is 8.85. The zero-order valence-corrected chi connectivity index (χ0v) is 17.9. The molecular formula is C17H24Cl3N7O. The van der Waals surface area contributed by atoms with Crippen LogP contribution in [0.4, 0.5) is 5.82 Å². The van der Waals surface area contributed by atoms with Gasteiger partial charge in [-0.15, -0.1) is 37.2 Å². The Morgan fingerprint density at radius 1 is 1.11 bits per heavy atom. The van der Waals surface area contributed by atoms with Crippen LogP contribution in [0.1, 0.15) is 12.6 Å². The fraction of sp³-hybridized carbons (Fsp3) is 0.412. The van der Waals surface area contributed by atoms with Crippen LogP contribution in [0.5, 0.6) is 5.88 Å². The second-order valence-corrected chi connectivity index (χ2v) is 5.87. The Bertz CT molecular complexity index is 871. The van der Waals surface area contributed by atoms with Crippen molar-refractivity contribution in [2.45, 2.75) is 13.5 Å². The number of rotatable bonds is 5. The number of halogens is 3. The van der Waals surface area contributed by atoms with Crippen molar-refractivity contribution in [1.29, 1.82) is 0 Å². The van der Waals surface area contributed by atoms with Crippen LogP contribution in [-0.4, -0.2) is 57.5 Å². The van der Waals surface area contributed by atoms with Crippen LogP contribution in [0.15, 0.2) is 30.7 Å². The summed E-state index contributed by atoms with van der Waals surface area (Å²) in [5.41, 5.74) is 1.71. The van der Waals surface area contributed by atoms with Crippen molar-refractivity contribution in [2.75, 3.05) is 37.7 Å². The lowest BCUT2D eigenvalue weighted by molar-refractivity contribution is 0.325. The number of hydrogen-bond donors (Lipinski definition) is 1. The minimum absolute atomic E-state index is 0. The first-order valence-corrected chi connectivity index (χ1v) is 8.56. The molecule has 11 heteroatoms. The molecule has 4 heterocycles. The monoisotopic (exact) mass is 447 g/mol. The number of anilines is 1. The highest BCUT2D eigenvalue weighted by Gasteiger charge is 2.17. The summed E-state index contributed by atoms with van der Waals surface area (Å²) in [5.74, 6) is 1.58. The molecular weight excluding hydrogens is 425 g/mol. The number of hydrogen-bond acceptors (Lipinski definition) is 7. The third-order valence-electron chi connectivity index (χ3n) is 4.21. The molecule has 4 rings (SSSR count). The van der Waals surface area contributed by atoms with Crippen LogP contribution in [-0.2, 0) is 6.54 Å². The van der Waals surface area contributed by atoms with E-state index < -0.39 is 0 Å². The van der Waals surface area contributed by atoms with Crippen molar-refractivity contribution in [1.82, 2.24) is 30.0 Å². The molecule has 1 aliphatic heterocycles. The minimum Gasteiger partial charge on any atom is -0.478 e. The highest BCUT2D eigenvalue weighted by molar-refractivity contribution is 5.87. The number of piperazine rings is 1. The van der Waals surface area contributed by atoms with E-state index >= 15 is 0 Å². The molecule has 1 fully saturated rings. The Morgan fingerprint density at radius 2 is 1.89 bits per heavy atom. The Morgan fingerprint density at radius 3 is 2.64 bits per heavy atom. The van der Waals surface area contributed by atoms with E-state index in [0.29, 0.717) is 19.0 Å². The molecule has 1 aliphatic rings. The molecule has 0 unspecified atom stereocenters. The molecule has 3 aromatic rings. The van der Waals surface area contributed by atoms with Crippen molar-refractivity contribution in [3.63, 3.8) is 0 Å². The van der Waals surface area contributed by atoms with Gasteiger partial charge in [-0.1, -0.05) is 6.07 Å². The van der Waals surface area contributed by atoms with Gasteiger partial charge in [0.05, 0.1) is 30.4 Å². The minimum atomic E-state index is 0. The van der Waals surface area contributed by atoms with Gasteiger partial charge in [0, 0.05) is 32.2 Å². The first-order valence-electron chi connectivity index (χ1n) is 8.56. The van der Waals surface area contributed by atoms with Gasteiger partial charge in [0.2, 0.25) is 5.88 Å². The van der Waals surface area contributed by atoms with E-state index in [0.717, 1.165) is 48.7 Å². The second kappa shape index (κ2) is 11.2. The van der Waals surface area contributed by atoms with E-state index in [1.165, 1.54) is 0 Å². The summed E-state index contributed by atoms with van der Waals surface area (Å²) in [6, 6.07) is 5.77. The van der Waals surface area contributed by atoms with Crippen molar-refractivity contribution >= 4 is 54.1 Å². The van der Waals surface area contributed by atoms with Crippen LogP contribution in [0, 0.1) is 0 Å². The number of ether oxygens (including phenoxy) is 1. The molecule has 1 saturated heterocycles. The molecule has 1 N–H and O–H groups in total. The van der Waals surface area contributed by atoms with Crippen LogP contribution in [0.2, 0.25) is 0 Å². The van der Waals surface area contributed by atoms with Gasteiger partial charge in [-0.2, -0.15) is 5.10 Å². The number of pyridine rings is 1. The highest BCUT2D eigenvalue weighted by atomic mass is 35.5. The van der Waals surface area contributed by atoms with Crippen molar-refractivity contribution in [3.05, 3.63) is 36.4 Å². The van der Waals surface area contributed by atoms with Crippen LogP contribution in [0.25, 0.3) is 11.0 Å². The lowest BCUT2D eigenvalue weighted by Crippen LogP contribution is -2.44. The summed E-state index contributed by atoms with van der Waals surface area (Å²) in [6.45, 7) is 6.90. The average molecular weight is 449 g/mol. The summed E-state index contributed by atoms with van der Waals surface area (Å²) in [6.07, 6.45) is 3.46. The van der Waals surface area contributed by atoms with E-state index in [-0.39, 0.29) is 37.2 Å². The first kappa shape index (κ1) is 24.2. The zero-order chi connectivity index (χ0) is 17.1. The van der Waals surface area contributed by atoms with E-state index in [4.69, 9.17) is 4.74 Å². The molecule has 0 radical (unpaired) electrons. The van der Waals surface area contributed by atoms with Crippen LogP contribution < -0.4 is 15.0 Å². The SMILES string of the molecule is CCOc1cccc(Cn2ncc3c(N4CCNCC4)ncnc32)n1.Cl.Cl.Cl. The van der Waals surface area contributed by atoms with Crippen molar-refractivity contribution in [2.24, 2.45) is 0 Å². The number of fused-ring (bicyclic) bond motifs is 1. The molecule has 0 amide bonds. The maximum absolute atomic E-state index is 5.47. The molecule has 154 valence electrons. The van der Waals surface area contributed by atoms with Gasteiger partial charge < -0.3 is 15.0 Å². The topological polar surface area (TPSA) is 81.0 Å². The second-order valence-electron chi connectivity index (χ2n) is 5.87. The lowest BCUT2D eigenvalue weighted by Gasteiger charge is -2.28. The first-order chi connectivity index (χ1) is 12.3. The van der Waals surface area contributed by atoms with E-state index in [2.05, 4.69) is 30.3 Å². The fourth-order valence-corrected chi connectivity index (χ4v) is 3.05. The van der Waals surface area contributed by atoms with E-state index in [1.807, 2.05) is 36.0 Å². The molecule has 0 atom stereocenters. The standard InChI is InChI=1S/C17H21N7O.3ClH/c1-2-25-15-5-3-4-13(22-15)11-24-17-14(10-21-24)16(19-12-20-17)23-8-6-18-7-9-23;;;/h3-5,10,12,18H,2,6-9,11H2,1H3;3*1H. The van der Waals surface area contributed by atoms with Gasteiger partial charge in [0.1, 0.15) is 12.1 Å². The van der Waals surface area contributed by atoms with E-state index in [9.17, 15) is 0 Å². The van der Waals surface area contributed by atoms with Crippen molar-refractivity contribution in [3.8, 4) is 5.88 Å². The molecule has 0 bridgehead atoms. The Balaban J connectivity index is 0.00000131. The zero-order valence-electron chi connectivity index (χ0n) is 15.4. The molecule has 0 aromatic carbocycles. The molecule has 0 aliphatic carbocycles. The van der Waals surface area contributed by atoms with Gasteiger partial charge in [-0.25, -0.2) is 19.6 Å². The van der Waals surface area contributed by atoms with Gasteiger partial charge in [0.25, 0.3) is 0 Å². The smallest absolute Gasteiger partial charge is 0.213 e. The number of aromatic nitrogens is 5. The fourth-order valence-electron chi connectivity index (χ4n) is 3.05. The third-order valence-corrected chi connectivity index (χ3v) is 4.21. The van der Waals surface area contributed by atoms with Crippen LogP contribution >= 0.6 is 37.2 Å². The van der Waals surface area contributed by atoms with Gasteiger partial charge >= 0.3 is 0 Å². The number of nitrogens with zero attached hydrogens (tertiary/aromatic N) is 6. The van der Waals surface area contributed by atoms with Gasteiger partial charge in [0.15, 0.2) is 5.65 Å². The van der Waals surface area contributed by atoms with Gasteiger partial charge in [-0.3, -0.25) is 0 Å². The molecule has 0 saturated carbocycles. The molecule has 28 heavy (non-hydrogen) atoms. The van der Waals surface area contributed by atoms with Crippen LogP contribution in [0.3, 0.4) is 0 Å². The predicted molar refractivity (Wildman–Crippen MR) is 117 cm³/mol. The quantitative estimate of drug-likeness (QED) is 0.641. The maximum atomic E-state index is 5.47. The molecule has 8 nitrogen and oxygen atoms in total. The molecule has 0 spiro atoms. The lowest BCUT2D eigenvalue weighted by atomic mass is 10.3. The largest absolute Gasteiger partial charge is 0.478 e. The molecule has 3 aromatic heterocycles. The van der Waals surface area contributed by atoms with Gasteiger partial charge in [-0.05, 0) is 13.0 Å². The summed E-state index contributed by atoms with van der Waals surface area (Å²) in [7, 11) is 0. The highest BCUT2D eigenvalue weighted by Crippen LogP contribution is 2.23. The normalized spacial score (nSPS) is 13.2. The number of nitrogens with one attached hydrogen (secondary N) is 1. The van der Waals surface area contributed by atoms with Crippen molar-refractivity contribution < 1.29 is 4.74 Å².